The summed E-state index contributed by atoms with van der Waals surface area (Å²) in [5.74, 6) is 0. The van der Waals surface area contributed by atoms with Gasteiger partial charge in [-0.1, -0.05) is 261 Å². The topological polar surface area (TPSA) is 4.93 Å². The molecule has 1 nitrogen and oxygen atoms in total. The fourth-order valence-corrected chi connectivity index (χ4v) is 9.84. The fourth-order valence-electron chi connectivity index (χ4n) is 9.84. The normalized spacial score (nSPS) is 11.6. The van der Waals surface area contributed by atoms with Crippen LogP contribution in [0, 0.1) is 0 Å². The standard InChI is InChI=1S/C60H45N/c1-10-28-46(29-11-1)55-56(47-30-12-2-13-31-47)58(60(51-38-20-6-21-39-51,52-40-22-7-23-41-52)53-42-24-8-25-43-53)61(54-44-26-9-27-45-54)57(55)59(48-32-14-3-15-33-48,49-34-16-4-17-35-49)50-36-18-5-19-37-50/h1-45H. The van der Waals surface area contributed by atoms with Crippen molar-refractivity contribution in [3.63, 3.8) is 0 Å². The van der Waals surface area contributed by atoms with Gasteiger partial charge in [-0.25, -0.2) is 0 Å². The summed E-state index contributed by atoms with van der Waals surface area (Å²) < 4.78 is 2.66. The van der Waals surface area contributed by atoms with Crippen molar-refractivity contribution < 1.29 is 0 Å². The monoisotopic (exact) mass is 779 g/mol. The van der Waals surface area contributed by atoms with E-state index in [1.165, 1.54) is 44.5 Å². The van der Waals surface area contributed by atoms with Crippen molar-refractivity contribution in [1.29, 1.82) is 0 Å². The summed E-state index contributed by atoms with van der Waals surface area (Å²) in [7, 11) is 0. The maximum atomic E-state index is 2.66. The largest absolute Gasteiger partial charge is 0.313 e. The first-order valence-electron chi connectivity index (χ1n) is 21.1. The molecule has 0 fully saturated rings. The third-order valence-corrected chi connectivity index (χ3v) is 12.3. The van der Waals surface area contributed by atoms with E-state index in [0.717, 1.165) is 28.2 Å². The van der Waals surface area contributed by atoms with Crippen LogP contribution in [0.5, 0.6) is 0 Å². The summed E-state index contributed by atoms with van der Waals surface area (Å²) in [4.78, 5) is 0. The summed E-state index contributed by atoms with van der Waals surface area (Å²) in [6.45, 7) is 0. The zero-order valence-electron chi connectivity index (χ0n) is 33.9. The van der Waals surface area contributed by atoms with Gasteiger partial charge in [0.1, 0.15) is 0 Å². The number of hydrogen-bond acceptors (Lipinski definition) is 0. The van der Waals surface area contributed by atoms with E-state index in [0.29, 0.717) is 0 Å². The Morgan fingerprint density at radius 3 is 0.639 bits per heavy atom. The molecular formula is C60H45N. The van der Waals surface area contributed by atoms with E-state index in [2.05, 4.69) is 278 Å². The number of rotatable bonds is 11. The molecule has 9 aromatic carbocycles. The first kappa shape index (κ1) is 37.5. The maximum Gasteiger partial charge on any atom is 0.0864 e. The lowest BCUT2D eigenvalue weighted by atomic mass is 9.65. The Hall–Kier alpha value is -7.74. The lowest BCUT2D eigenvalue weighted by Crippen LogP contribution is -2.37. The molecule has 1 aromatic heterocycles. The Morgan fingerprint density at radius 2 is 0.410 bits per heavy atom. The van der Waals surface area contributed by atoms with Gasteiger partial charge in [0.05, 0.1) is 22.2 Å². The van der Waals surface area contributed by atoms with Crippen LogP contribution in [0.3, 0.4) is 0 Å². The molecule has 290 valence electrons. The third-order valence-electron chi connectivity index (χ3n) is 12.3. The number of nitrogens with zero attached hydrogens (tertiary/aromatic N) is 1. The number of aromatic nitrogens is 1. The van der Waals surface area contributed by atoms with Crippen LogP contribution in [0.15, 0.2) is 273 Å². The Balaban J connectivity index is 1.59. The highest BCUT2D eigenvalue weighted by atomic mass is 15.0. The molecule has 0 radical (unpaired) electrons. The molecule has 0 amide bonds. The Labute approximate surface area is 359 Å². The predicted octanol–water partition coefficient (Wildman–Crippen LogP) is 14.6. The SMILES string of the molecule is c1ccc(-c2c(-c3ccccc3)c(C(c3ccccc3)(c3ccccc3)c3ccccc3)n(-c3ccccc3)c2C(c2ccccc2)(c2ccccc2)c2ccccc2)cc1. The maximum absolute atomic E-state index is 2.66. The summed E-state index contributed by atoms with van der Waals surface area (Å²) in [6, 6.07) is 100. The highest BCUT2D eigenvalue weighted by Gasteiger charge is 2.50. The molecule has 0 aliphatic heterocycles. The lowest BCUT2D eigenvalue weighted by Gasteiger charge is -2.41. The average Bonchev–Trinajstić information content (AvgIpc) is 3.71. The highest BCUT2D eigenvalue weighted by molar-refractivity contribution is 5.93. The molecule has 10 rings (SSSR count). The average molecular weight is 780 g/mol. The fraction of sp³-hybridized carbons (Fsp3) is 0.0333. The minimum atomic E-state index is -0.831. The summed E-state index contributed by atoms with van der Waals surface area (Å²) in [5, 5.41) is 0. The van der Waals surface area contributed by atoms with Gasteiger partial charge in [0, 0.05) is 16.8 Å². The van der Waals surface area contributed by atoms with E-state index in [-0.39, 0.29) is 0 Å². The van der Waals surface area contributed by atoms with Crippen molar-refractivity contribution in [2.45, 2.75) is 10.8 Å². The van der Waals surface area contributed by atoms with Crippen molar-refractivity contribution >= 4 is 0 Å². The van der Waals surface area contributed by atoms with Crippen molar-refractivity contribution in [2.75, 3.05) is 0 Å². The summed E-state index contributed by atoms with van der Waals surface area (Å²) in [6.07, 6.45) is 0. The zero-order valence-corrected chi connectivity index (χ0v) is 33.9. The predicted molar refractivity (Wildman–Crippen MR) is 253 cm³/mol. The van der Waals surface area contributed by atoms with Gasteiger partial charge in [0.2, 0.25) is 0 Å². The van der Waals surface area contributed by atoms with E-state index in [4.69, 9.17) is 0 Å². The molecule has 0 unspecified atom stereocenters. The second-order valence-corrected chi connectivity index (χ2v) is 15.5. The molecule has 0 saturated heterocycles. The number of hydrogen-bond donors (Lipinski definition) is 0. The summed E-state index contributed by atoms with van der Waals surface area (Å²) in [5.41, 5.74) is 13.4. The molecule has 10 aromatic rings. The van der Waals surface area contributed by atoms with Crippen LogP contribution in [-0.2, 0) is 10.8 Å². The molecule has 0 atom stereocenters. The minimum Gasteiger partial charge on any atom is -0.313 e. The second-order valence-electron chi connectivity index (χ2n) is 15.5. The van der Waals surface area contributed by atoms with E-state index in [1.54, 1.807) is 0 Å². The number of para-hydroxylation sites is 1. The molecule has 0 spiro atoms. The first-order valence-corrected chi connectivity index (χ1v) is 21.1. The van der Waals surface area contributed by atoms with E-state index < -0.39 is 10.8 Å². The molecular weight excluding hydrogens is 735 g/mol. The van der Waals surface area contributed by atoms with Gasteiger partial charge in [0.25, 0.3) is 0 Å². The molecule has 1 heteroatoms. The van der Waals surface area contributed by atoms with Crippen LogP contribution in [0.4, 0.5) is 0 Å². The molecule has 0 bridgehead atoms. The summed E-state index contributed by atoms with van der Waals surface area (Å²) >= 11 is 0. The van der Waals surface area contributed by atoms with Crippen LogP contribution < -0.4 is 0 Å². The third kappa shape index (κ3) is 6.34. The van der Waals surface area contributed by atoms with Crippen molar-refractivity contribution in [3.8, 4) is 27.9 Å². The minimum absolute atomic E-state index is 0.831. The van der Waals surface area contributed by atoms with Crippen LogP contribution in [0.1, 0.15) is 44.8 Å². The molecule has 1 heterocycles. The molecule has 61 heavy (non-hydrogen) atoms. The quantitative estimate of drug-likeness (QED) is 0.115. The second kappa shape index (κ2) is 16.5. The Bertz CT molecular complexity index is 2570. The van der Waals surface area contributed by atoms with E-state index in [1.807, 2.05) is 0 Å². The zero-order chi connectivity index (χ0) is 40.9. The highest BCUT2D eigenvalue weighted by Crippen LogP contribution is 2.58. The van der Waals surface area contributed by atoms with Gasteiger partial charge in [-0.3, -0.25) is 0 Å². The van der Waals surface area contributed by atoms with Gasteiger partial charge >= 0.3 is 0 Å². The van der Waals surface area contributed by atoms with Crippen molar-refractivity contribution in [1.82, 2.24) is 4.57 Å². The van der Waals surface area contributed by atoms with Gasteiger partial charge in [-0.05, 0) is 56.6 Å². The van der Waals surface area contributed by atoms with Gasteiger partial charge in [-0.2, -0.15) is 0 Å². The first-order chi connectivity index (χ1) is 30.3. The van der Waals surface area contributed by atoms with Crippen LogP contribution in [-0.4, -0.2) is 4.57 Å². The van der Waals surface area contributed by atoms with Crippen molar-refractivity contribution in [2.24, 2.45) is 0 Å². The number of benzene rings is 9. The smallest absolute Gasteiger partial charge is 0.0864 e. The van der Waals surface area contributed by atoms with Gasteiger partial charge in [0.15, 0.2) is 0 Å². The van der Waals surface area contributed by atoms with Gasteiger partial charge < -0.3 is 4.57 Å². The molecule has 0 aliphatic carbocycles. The van der Waals surface area contributed by atoms with Crippen LogP contribution in [0.25, 0.3) is 27.9 Å². The van der Waals surface area contributed by atoms with Crippen LogP contribution >= 0.6 is 0 Å². The van der Waals surface area contributed by atoms with Gasteiger partial charge in [-0.15, -0.1) is 0 Å². The molecule has 0 aliphatic rings. The molecule has 0 N–H and O–H groups in total. The Morgan fingerprint density at radius 1 is 0.213 bits per heavy atom. The van der Waals surface area contributed by atoms with E-state index in [9.17, 15) is 0 Å². The van der Waals surface area contributed by atoms with Crippen molar-refractivity contribution in [3.05, 3.63) is 318 Å². The molecule has 0 saturated carbocycles. The van der Waals surface area contributed by atoms with Crippen LogP contribution in [0.2, 0.25) is 0 Å². The van der Waals surface area contributed by atoms with E-state index >= 15 is 0 Å². The lowest BCUT2D eigenvalue weighted by molar-refractivity contribution is 0.643. The Kier molecular flexibility index (Phi) is 10.1.